The van der Waals surface area contributed by atoms with Gasteiger partial charge in [-0.25, -0.2) is 4.39 Å². The molecule has 0 radical (unpaired) electrons. The van der Waals surface area contributed by atoms with E-state index >= 15 is 0 Å². The smallest absolute Gasteiger partial charge is 0.126 e. The van der Waals surface area contributed by atoms with Crippen molar-refractivity contribution in [2.45, 2.75) is 17.7 Å². The first-order valence-electron chi connectivity index (χ1n) is 5.18. The van der Waals surface area contributed by atoms with Gasteiger partial charge in [-0.1, -0.05) is 0 Å². The number of nitrogens with two attached hydrogens (primary N) is 1. The van der Waals surface area contributed by atoms with E-state index in [4.69, 9.17) is 10.5 Å². The molecule has 1 atom stereocenters. The zero-order valence-electron chi connectivity index (χ0n) is 8.82. The Morgan fingerprint density at radius 2 is 2.25 bits per heavy atom. The number of benzene rings is 1. The maximum Gasteiger partial charge on any atom is 0.126 e. The summed E-state index contributed by atoms with van der Waals surface area (Å²) in [5.41, 5.74) is 5.96. The molecule has 5 heteroatoms. The summed E-state index contributed by atoms with van der Waals surface area (Å²) in [5.74, 6) is 0.283. The van der Waals surface area contributed by atoms with Crippen LogP contribution >= 0.6 is 0 Å². The van der Waals surface area contributed by atoms with E-state index in [0.29, 0.717) is 23.1 Å². The molecular weight excluding hydrogens is 229 g/mol. The average Bonchev–Trinajstić information content (AvgIpc) is 3.05. The van der Waals surface area contributed by atoms with Crippen LogP contribution < -0.4 is 5.73 Å². The monoisotopic (exact) mass is 243 g/mol. The molecule has 2 rings (SSSR count). The third-order valence-corrected chi connectivity index (χ3v) is 3.69. The lowest BCUT2D eigenvalue weighted by Crippen LogP contribution is -2.07. The van der Waals surface area contributed by atoms with Crippen molar-refractivity contribution in [3.8, 4) is 0 Å². The Kier molecular flexibility index (Phi) is 3.56. The van der Waals surface area contributed by atoms with Crippen LogP contribution in [0.5, 0.6) is 0 Å². The summed E-state index contributed by atoms with van der Waals surface area (Å²) in [5, 5.41) is 0. The first kappa shape index (κ1) is 11.5. The highest BCUT2D eigenvalue weighted by molar-refractivity contribution is 7.85. The van der Waals surface area contributed by atoms with Gasteiger partial charge in [0, 0.05) is 5.69 Å². The fraction of sp³-hybridized carbons (Fsp3) is 0.455. The molecule has 1 fully saturated rings. The molecule has 0 aromatic heterocycles. The van der Waals surface area contributed by atoms with Crippen molar-refractivity contribution in [1.82, 2.24) is 0 Å². The summed E-state index contributed by atoms with van der Waals surface area (Å²) < 4.78 is 30.0. The van der Waals surface area contributed by atoms with Crippen molar-refractivity contribution in [2.24, 2.45) is 5.92 Å². The van der Waals surface area contributed by atoms with E-state index in [1.807, 2.05) is 0 Å². The Morgan fingerprint density at radius 1 is 1.50 bits per heavy atom. The van der Waals surface area contributed by atoms with Gasteiger partial charge >= 0.3 is 0 Å². The summed E-state index contributed by atoms with van der Waals surface area (Å²) in [6, 6.07) is 3.87. The molecule has 88 valence electrons. The summed E-state index contributed by atoms with van der Waals surface area (Å²) in [6.07, 6.45) is 2.38. The Bertz CT molecular complexity index is 407. The van der Waals surface area contributed by atoms with E-state index in [0.717, 1.165) is 0 Å². The number of hydrogen-bond acceptors (Lipinski definition) is 3. The fourth-order valence-corrected chi connectivity index (χ4v) is 2.29. The highest BCUT2D eigenvalue weighted by atomic mass is 32.2. The normalized spacial score (nSPS) is 17.3. The zero-order valence-corrected chi connectivity index (χ0v) is 9.63. The Labute approximate surface area is 96.2 Å². The van der Waals surface area contributed by atoms with Gasteiger partial charge in [0.15, 0.2) is 0 Å². The highest BCUT2D eigenvalue weighted by Crippen LogP contribution is 2.29. The van der Waals surface area contributed by atoms with Crippen LogP contribution in [-0.4, -0.2) is 16.8 Å². The van der Waals surface area contributed by atoms with Gasteiger partial charge in [0.1, 0.15) is 11.8 Å². The predicted octanol–water partition coefficient (Wildman–Crippen LogP) is 1.90. The maximum absolute atomic E-state index is 12.9. The van der Waals surface area contributed by atoms with Crippen molar-refractivity contribution in [3.63, 3.8) is 0 Å². The Hall–Kier alpha value is -0.940. The van der Waals surface area contributed by atoms with Crippen LogP contribution in [0.1, 0.15) is 12.8 Å². The lowest BCUT2D eigenvalue weighted by molar-refractivity contribution is 0.168. The number of halogens is 1. The van der Waals surface area contributed by atoms with E-state index < -0.39 is 16.6 Å². The molecule has 0 spiro atoms. The number of rotatable bonds is 5. The molecule has 0 aliphatic heterocycles. The molecule has 0 heterocycles. The maximum atomic E-state index is 12.9. The van der Waals surface area contributed by atoms with Gasteiger partial charge < -0.3 is 10.5 Å². The largest absolute Gasteiger partial charge is 0.398 e. The van der Waals surface area contributed by atoms with E-state index in [9.17, 15) is 8.60 Å². The van der Waals surface area contributed by atoms with Gasteiger partial charge in [-0.3, -0.25) is 4.21 Å². The van der Waals surface area contributed by atoms with E-state index in [-0.39, 0.29) is 5.94 Å². The van der Waals surface area contributed by atoms with Crippen LogP contribution in [-0.2, 0) is 15.5 Å². The number of anilines is 1. The van der Waals surface area contributed by atoms with Gasteiger partial charge in [-0.15, -0.1) is 0 Å². The molecule has 1 saturated carbocycles. The minimum atomic E-state index is -1.38. The Morgan fingerprint density at radius 3 is 2.94 bits per heavy atom. The molecule has 0 amide bonds. The van der Waals surface area contributed by atoms with E-state index in [2.05, 4.69) is 0 Å². The standard InChI is InChI=1S/C11H14FNO2S/c12-9-3-4-10(13)11(5-9)16(14)7-15-6-8-1-2-8/h3-5,8H,1-2,6-7,13H2. The van der Waals surface area contributed by atoms with Crippen LogP contribution in [0.25, 0.3) is 0 Å². The summed E-state index contributed by atoms with van der Waals surface area (Å²) in [4.78, 5) is 0.316. The first-order valence-corrected chi connectivity index (χ1v) is 6.50. The molecule has 1 aromatic carbocycles. The zero-order chi connectivity index (χ0) is 11.5. The molecule has 16 heavy (non-hydrogen) atoms. The van der Waals surface area contributed by atoms with Gasteiger partial charge in [0.2, 0.25) is 0 Å². The second kappa shape index (κ2) is 4.93. The molecule has 1 aromatic rings. The lowest BCUT2D eigenvalue weighted by atomic mass is 10.3. The predicted molar refractivity (Wildman–Crippen MR) is 60.8 cm³/mol. The topological polar surface area (TPSA) is 52.3 Å². The third kappa shape index (κ3) is 3.02. The number of nitrogen functional groups attached to an aromatic ring is 1. The first-order chi connectivity index (χ1) is 7.66. The minimum Gasteiger partial charge on any atom is -0.398 e. The van der Waals surface area contributed by atoms with Gasteiger partial charge in [-0.2, -0.15) is 0 Å². The summed E-state index contributed by atoms with van der Waals surface area (Å²) in [7, 11) is -1.38. The molecule has 1 unspecified atom stereocenters. The fourth-order valence-electron chi connectivity index (χ4n) is 1.34. The number of ether oxygens (including phenoxy) is 1. The average molecular weight is 243 g/mol. The third-order valence-electron chi connectivity index (χ3n) is 2.46. The van der Waals surface area contributed by atoms with Gasteiger partial charge in [0.25, 0.3) is 0 Å². The van der Waals surface area contributed by atoms with Crippen LogP contribution in [0.3, 0.4) is 0 Å². The molecule has 0 saturated heterocycles. The van der Waals surface area contributed by atoms with Crippen molar-refractivity contribution < 1.29 is 13.3 Å². The number of hydrogen-bond donors (Lipinski definition) is 1. The van der Waals surface area contributed by atoms with Crippen molar-refractivity contribution >= 4 is 16.5 Å². The Balaban J connectivity index is 1.93. The van der Waals surface area contributed by atoms with E-state index in [1.54, 1.807) is 0 Å². The molecule has 3 nitrogen and oxygen atoms in total. The summed E-state index contributed by atoms with van der Waals surface area (Å²) in [6.45, 7) is 0.640. The second-order valence-electron chi connectivity index (χ2n) is 3.96. The van der Waals surface area contributed by atoms with Crippen LogP contribution in [0, 0.1) is 11.7 Å². The van der Waals surface area contributed by atoms with E-state index in [1.165, 1.54) is 31.0 Å². The molecular formula is C11H14FNO2S. The van der Waals surface area contributed by atoms with Crippen LogP contribution in [0.15, 0.2) is 23.1 Å². The molecule has 0 bridgehead atoms. The SMILES string of the molecule is Nc1ccc(F)cc1S(=O)COCC1CC1. The second-order valence-corrected chi connectivity index (χ2v) is 5.33. The van der Waals surface area contributed by atoms with Crippen LogP contribution in [0.2, 0.25) is 0 Å². The highest BCUT2D eigenvalue weighted by Gasteiger charge is 2.21. The van der Waals surface area contributed by atoms with Gasteiger partial charge in [-0.05, 0) is 37.0 Å². The van der Waals surface area contributed by atoms with Crippen molar-refractivity contribution in [2.75, 3.05) is 18.3 Å². The quantitative estimate of drug-likeness (QED) is 0.804. The van der Waals surface area contributed by atoms with Crippen molar-refractivity contribution in [1.29, 1.82) is 0 Å². The van der Waals surface area contributed by atoms with Gasteiger partial charge in [0.05, 0.1) is 22.3 Å². The van der Waals surface area contributed by atoms with Crippen molar-refractivity contribution in [3.05, 3.63) is 24.0 Å². The molecule has 1 aliphatic carbocycles. The summed E-state index contributed by atoms with van der Waals surface area (Å²) >= 11 is 0. The minimum absolute atomic E-state index is 0.0875. The molecule has 1 aliphatic rings. The van der Waals surface area contributed by atoms with Crippen LogP contribution in [0.4, 0.5) is 10.1 Å². The molecule has 2 N–H and O–H groups in total. The lowest BCUT2D eigenvalue weighted by Gasteiger charge is -2.06.